The molecule has 1 amide bonds. The van der Waals surface area contributed by atoms with Crippen LogP contribution in [0.15, 0.2) is 4.47 Å². The number of thiophene rings is 1. The number of nitrogens with zero attached hydrogens (tertiary/aromatic N) is 1. The number of amides is 1. The minimum Gasteiger partial charge on any atom is -0.494 e. The van der Waals surface area contributed by atoms with Crippen LogP contribution < -0.4 is 4.74 Å². The molecule has 1 aliphatic heterocycles. The van der Waals surface area contributed by atoms with Gasteiger partial charge in [0.2, 0.25) is 0 Å². The van der Waals surface area contributed by atoms with Gasteiger partial charge in [-0.2, -0.15) is 0 Å². The number of ether oxygens (including phenoxy) is 1. The first-order valence-electron chi connectivity index (χ1n) is 6.30. The van der Waals surface area contributed by atoms with Gasteiger partial charge in [0.1, 0.15) is 4.88 Å². The molecule has 1 N–H and O–H groups in total. The highest BCUT2D eigenvalue weighted by atomic mass is 79.9. The second-order valence-corrected chi connectivity index (χ2v) is 6.76. The van der Waals surface area contributed by atoms with Gasteiger partial charge in [-0.25, -0.2) is 0 Å². The third-order valence-corrected chi connectivity index (χ3v) is 5.79. The molecular weight excluding hydrogens is 346 g/mol. The molecule has 1 fully saturated rings. The zero-order chi connectivity index (χ0) is 14.9. The second kappa shape index (κ2) is 6.13. The van der Waals surface area contributed by atoms with Gasteiger partial charge in [0.25, 0.3) is 5.91 Å². The van der Waals surface area contributed by atoms with E-state index < -0.39 is 5.97 Å². The molecule has 1 aromatic heterocycles. The number of carboxylic acid groups (broad SMARTS) is 1. The van der Waals surface area contributed by atoms with E-state index in [2.05, 4.69) is 15.9 Å². The highest BCUT2D eigenvalue weighted by Gasteiger charge is 2.30. The van der Waals surface area contributed by atoms with Crippen LogP contribution >= 0.6 is 27.3 Å². The standard InChI is InChI=1S/C13H16BrNO4S/c1-7-9(14)10(19-2)11(20-7)12(16)15-5-3-8(4-6-15)13(17)18/h8H,3-6H2,1-2H3,(H,17,18). The van der Waals surface area contributed by atoms with E-state index in [0.717, 1.165) is 9.35 Å². The number of methoxy groups -OCH3 is 1. The Bertz CT molecular complexity index is 535. The van der Waals surface area contributed by atoms with Crippen molar-refractivity contribution in [1.82, 2.24) is 4.90 Å². The number of halogens is 1. The first kappa shape index (κ1) is 15.3. The van der Waals surface area contributed by atoms with E-state index in [1.165, 1.54) is 11.3 Å². The molecule has 20 heavy (non-hydrogen) atoms. The summed E-state index contributed by atoms with van der Waals surface area (Å²) in [5.74, 6) is -0.621. The fraction of sp³-hybridized carbons (Fsp3) is 0.538. The van der Waals surface area contributed by atoms with Crippen LogP contribution in [-0.2, 0) is 4.79 Å². The van der Waals surface area contributed by atoms with Gasteiger partial charge in [0, 0.05) is 18.0 Å². The van der Waals surface area contributed by atoms with E-state index in [-0.39, 0.29) is 11.8 Å². The topological polar surface area (TPSA) is 66.8 Å². The molecule has 0 saturated carbocycles. The Morgan fingerprint density at radius 2 is 2.00 bits per heavy atom. The van der Waals surface area contributed by atoms with E-state index in [1.807, 2.05) is 6.92 Å². The van der Waals surface area contributed by atoms with Gasteiger partial charge in [-0.1, -0.05) is 0 Å². The van der Waals surface area contributed by atoms with E-state index in [1.54, 1.807) is 12.0 Å². The van der Waals surface area contributed by atoms with Crippen molar-refractivity contribution in [2.24, 2.45) is 5.92 Å². The van der Waals surface area contributed by atoms with Crippen molar-refractivity contribution in [3.63, 3.8) is 0 Å². The van der Waals surface area contributed by atoms with Crippen molar-refractivity contribution in [3.8, 4) is 5.75 Å². The maximum absolute atomic E-state index is 12.5. The average molecular weight is 362 g/mol. The summed E-state index contributed by atoms with van der Waals surface area (Å²) in [4.78, 5) is 26.7. The van der Waals surface area contributed by atoms with Gasteiger partial charge < -0.3 is 14.7 Å². The molecular formula is C13H16BrNO4S. The van der Waals surface area contributed by atoms with Crippen molar-refractivity contribution in [3.05, 3.63) is 14.2 Å². The normalized spacial score (nSPS) is 16.2. The molecule has 1 aromatic rings. The van der Waals surface area contributed by atoms with Crippen LogP contribution in [0.4, 0.5) is 0 Å². The summed E-state index contributed by atoms with van der Waals surface area (Å²) in [7, 11) is 1.54. The fourth-order valence-electron chi connectivity index (χ4n) is 2.30. The van der Waals surface area contributed by atoms with Crippen molar-refractivity contribution in [2.75, 3.05) is 20.2 Å². The lowest BCUT2D eigenvalue weighted by Gasteiger charge is -2.29. The molecule has 0 spiro atoms. The highest BCUT2D eigenvalue weighted by molar-refractivity contribution is 9.10. The summed E-state index contributed by atoms with van der Waals surface area (Å²) < 4.78 is 6.10. The molecule has 5 nitrogen and oxygen atoms in total. The summed E-state index contributed by atoms with van der Waals surface area (Å²) in [5.41, 5.74) is 0. The average Bonchev–Trinajstić information content (AvgIpc) is 2.73. The Labute approximate surface area is 129 Å². The number of aliphatic carboxylic acids is 1. The van der Waals surface area contributed by atoms with Gasteiger partial charge in [-0.05, 0) is 35.7 Å². The molecule has 1 saturated heterocycles. The Kier molecular flexibility index (Phi) is 4.70. The quantitative estimate of drug-likeness (QED) is 0.898. The van der Waals surface area contributed by atoms with Crippen molar-refractivity contribution in [1.29, 1.82) is 0 Å². The number of likely N-dealkylation sites (tertiary alicyclic amines) is 1. The van der Waals surface area contributed by atoms with Crippen molar-refractivity contribution in [2.45, 2.75) is 19.8 Å². The summed E-state index contributed by atoms with van der Waals surface area (Å²) in [5, 5.41) is 8.97. The molecule has 2 rings (SSSR count). The summed E-state index contributed by atoms with van der Waals surface area (Å²) in [6, 6.07) is 0. The highest BCUT2D eigenvalue weighted by Crippen LogP contribution is 2.40. The lowest BCUT2D eigenvalue weighted by molar-refractivity contribution is -0.143. The molecule has 0 unspecified atom stereocenters. The Balaban J connectivity index is 2.13. The molecule has 1 aliphatic rings. The Morgan fingerprint density at radius 1 is 1.40 bits per heavy atom. The smallest absolute Gasteiger partial charge is 0.306 e. The van der Waals surface area contributed by atoms with E-state index in [4.69, 9.17) is 9.84 Å². The SMILES string of the molecule is COc1c(C(=O)N2CCC(C(=O)O)CC2)sc(C)c1Br. The zero-order valence-corrected chi connectivity index (χ0v) is 13.7. The third-order valence-electron chi connectivity index (χ3n) is 3.50. The maximum atomic E-state index is 12.5. The minimum atomic E-state index is -0.774. The zero-order valence-electron chi connectivity index (χ0n) is 11.3. The number of piperidine rings is 1. The van der Waals surface area contributed by atoms with E-state index >= 15 is 0 Å². The van der Waals surface area contributed by atoms with E-state index in [0.29, 0.717) is 36.6 Å². The fourth-order valence-corrected chi connectivity index (χ4v) is 4.02. The molecule has 0 bridgehead atoms. The predicted molar refractivity (Wildman–Crippen MR) is 79.6 cm³/mol. The molecule has 7 heteroatoms. The molecule has 110 valence electrons. The van der Waals surface area contributed by atoms with Gasteiger partial charge in [-0.15, -0.1) is 11.3 Å². The lowest BCUT2D eigenvalue weighted by Crippen LogP contribution is -2.40. The predicted octanol–water partition coefficient (Wildman–Crippen LogP) is 2.76. The molecule has 0 radical (unpaired) electrons. The molecule has 0 aliphatic carbocycles. The Morgan fingerprint density at radius 3 is 2.50 bits per heavy atom. The largest absolute Gasteiger partial charge is 0.494 e. The van der Waals surface area contributed by atoms with Crippen molar-refractivity contribution < 1.29 is 19.4 Å². The second-order valence-electron chi connectivity index (χ2n) is 4.74. The number of carbonyl (C=O) groups excluding carboxylic acids is 1. The number of rotatable bonds is 3. The van der Waals surface area contributed by atoms with Gasteiger partial charge >= 0.3 is 5.97 Å². The van der Waals surface area contributed by atoms with Gasteiger partial charge in [0.05, 0.1) is 17.5 Å². The van der Waals surface area contributed by atoms with Crippen LogP contribution in [-0.4, -0.2) is 42.1 Å². The van der Waals surface area contributed by atoms with Gasteiger partial charge in [0.15, 0.2) is 5.75 Å². The van der Waals surface area contributed by atoms with Crippen LogP contribution in [0.2, 0.25) is 0 Å². The van der Waals surface area contributed by atoms with Crippen LogP contribution in [0, 0.1) is 12.8 Å². The van der Waals surface area contributed by atoms with E-state index in [9.17, 15) is 9.59 Å². The Hall–Kier alpha value is -1.08. The number of carbonyl (C=O) groups is 2. The molecule has 0 atom stereocenters. The summed E-state index contributed by atoms with van der Waals surface area (Å²) in [6.45, 7) is 2.88. The van der Waals surface area contributed by atoms with Crippen LogP contribution in [0.5, 0.6) is 5.75 Å². The summed E-state index contributed by atoms with van der Waals surface area (Å²) in [6.07, 6.45) is 1.02. The number of carboxylic acids is 1. The van der Waals surface area contributed by atoms with Crippen LogP contribution in [0.1, 0.15) is 27.4 Å². The van der Waals surface area contributed by atoms with Gasteiger partial charge in [-0.3, -0.25) is 9.59 Å². The number of aryl methyl sites for hydroxylation is 1. The minimum absolute atomic E-state index is 0.0792. The number of hydrogen-bond donors (Lipinski definition) is 1. The summed E-state index contributed by atoms with van der Waals surface area (Å²) >= 11 is 4.81. The monoisotopic (exact) mass is 361 g/mol. The van der Waals surface area contributed by atoms with Crippen LogP contribution in [0.25, 0.3) is 0 Å². The molecule has 0 aromatic carbocycles. The third kappa shape index (κ3) is 2.83. The van der Waals surface area contributed by atoms with Crippen LogP contribution in [0.3, 0.4) is 0 Å². The maximum Gasteiger partial charge on any atom is 0.306 e. The van der Waals surface area contributed by atoms with Crippen molar-refractivity contribution >= 4 is 39.1 Å². The lowest BCUT2D eigenvalue weighted by atomic mass is 9.97. The molecule has 2 heterocycles. The first-order valence-corrected chi connectivity index (χ1v) is 7.91. The first-order chi connectivity index (χ1) is 9.45. The number of hydrogen-bond acceptors (Lipinski definition) is 4.